The van der Waals surface area contributed by atoms with Crippen molar-refractivity contribution in [2.24, 2.45) is 4.99 Å². The average molecular weight is 701 g/mol. The van der Waals surface area contributed by atoms with Crippen LogP contribution in [0.15, 0.2) is 90.3 Å². The lowest BCUT2D eigenvalue weighted by Crippen LogP contribution is -2.51. The summed E-state index contributed by atoms with van der Waals surface area (Å²) in [7, 11) is -2.97. The maximum Gasteiger partial charge on any atom is 0.342 e. The molecule has 4 N–H and O–H groups in total. The van der Waals surface area contributed by atoms with Gasteiger partial charge in [-0.15, -0.1) is 0 Å². The van der Waals surface area contributed by atoms with Gasteiger partial charge in [-0.25, -0.2) is 10.2 Å². The van der Waals surface area contributed by atoms with Gasteiger partial charge in [-0.2, -0.15) is 4.99 Å². The number of hydrogen-bond donors (Lipinski definition) is 4. The van der Waals surface area contributed by atoms with Crippen molar-refractivity contribution in [3.05, 3.63) is 96.5 Å². The number of nitrogens with one attached hydrogen (secondary N) is 2. The number of nitrogens with zero attached hydrogens (tertiary/aromatic N) is 2. The Kier molecular flexibility index (Phi) is 13.3. The molecule has 1 fully saturated rings. The van der Waals surface area contributed by atoms with Crippen LogP contribution >= 0.6 is 7.67 Å². The number of methoxy groups -OCH3 is 1. The molecule has 1 saturated heterocycles. The molecule has 6 atom stereocenters. The number of carbonyl (C=O) groups is 2. The van der Waals surface area contributed by atoms with Gasteiger partial charge in [0.15, 0.2) is 6.23 Å². The van der Waals surface area contributed by atoms with Crippen LogP contribution in [0.3, 0.4) is 0 Å². The van der Waals surface area contributed by atoms with Gasteiger partial charge in [0.25, 0.3) is 0 Å². The number of aliphatic imine (C=N–C) groups is 1. The molecule has 0 bridgehead atoms. The lowest BCUT2D eigenvalue weighted by atomic mass is 9.96. The Morgan fingerprint density at radius 3 is 1.96 bits per heavy atom. The number of rotatable bonds is 16. The van der Waals surface area contributed by atoms with Crippen molar-refractivity contribution in [3.63, 3.8) is 0 Å². The minimum absolute atomic E-state index is 0.0641. The van der Waals surface area contributed by atoms with E-state index in [0.717, 1.165) is 11.1 Å². The number of esters is 2. The van der Waals surface area contributed by atoms with Crippen LogP contribution in [0.25, 0.3) is 0 Å². The van der Waals surface area contributed by atoms with E-state index in [1.165, 1.54) is 31.2 Å². The second-order valence-electron chi connectivity index (χ2n) is 11.6. The molecule has 0 saturated carbocycles. The maximum atomic E-state index is 14.8. The van der Waals surface area contributed by atoms with Crippen LogP contribution in [0.2, 0.25) is 0 Å². The van der Waals surface area contributed by atoms with Crippen LogP contribution in [0.5, 0.6) is 0 Å². The molecule has 1 unspecified atom stereocenters. The van der Waals surface area contributed by atoms with Crippen LogP contribution in [-0.4, -0.2) is 96.0 Å². The zero-order chi connectivity index (χ0) is 35.6. The zero-order valence-corrected chi connectivity index (χ0v) is 29.0. The van der Waals surface area contributed by atoms with Gasteiger partial charge in [0, 0.05) is 12.3 Å². The van der Waals surface area contributed by atoms with Gasteiger partial charge >= 0.3 is 19.6 Å². The molecule has 2 aliphatic rings. The van der Waals surface area contributed by atoms with Gasteiger partial charge in [0.1, 0.15) is 35.7 Å². The van der Waals surface area contributed by atoms with E-state index >= 15 is 0 Å². The van der Waals surface area contributed by atoms with E-state index in [0.29, 0.717) is 0 Å². The minimum atomic E-state index is -4.42. The first-order valence-corrected chi connectivity index (χ1v) is 17.6. The fraction of sp³-hybridized carbons (Fsp3) is 0.441. The fourth-order valence-electron chi connectivity index (χ4n) is 5.41. The predicted molar refractivity (Wildman–Crippen MR) is 181 cm³/mol. The van der Waals surface area contributed by atoms with Crippen LogP contribution in [0, 0.1) is 0 Å². The number of aliphatic hydroxyl groups excluding tert-OH is 1. The highest BCUT2D eigenvalue weighted by atomic mass is 31.2. The van der Waals surface area contributed by atoms with E-state index in [4.69, 9.17) is 23.5 Å². The average Bonchev–Trinajstić information content (AvgIpc) is 3.31. The van der Waals surface area contributed by atoms with Crippen LogP contribution in [0.4, 0.5) is 0 Å². The Labute approximate surface area is 286 Å². The molecular formula is C34H45N4O10P. The summed E-state index contributed by atoms with van der Waals surface area (Å²) >= 11 is 0. The maximum absolute atomic E-state index is 14.8. The molecule has 49 heavy (non-hydrogen) atoms. The van der Waals surface area contributed by atoms with Crippen LogP contribution < -0.4 is 10.2 Å². The minimum Gasteiger partial charge on any atom is -0.481 e. The largest absolute Gasteiger partial charge is 0.481 e. The first kappa shape index (κ1) is 37.9. The molecule has 0 aliphatic carbocycles. The highest BCUT2D eigenvalue weighted by Crippen LogP contribution is 2.43. The molecule has 15 heteroatoms. The monoisotopic (exact) mass is 700 g/mol. The second-order valence-corrected chi connectivity index (χ2v) is 13.5. The number of benzene rings is 2. The zero-order valence-electron chi connectivity index (χ0n) is 28.1. The van der Waals surface area contributed by atoms with Crippen molar-refractivity contribution in [3.8, 4) is 0 Å². The smallest absolute Gasteiger partial charge is 0.342 e. The third-order valence-corrected chi connectivity index (χ3v) is 9.73. The molecule has 0 amide bonds. The predicted octanol–water partition coefficient (Wildman–Crippen LogP) is 2.82. The normalized spacial score (nSPS) is 23.5. The van der Waals surface area contributed by atoms with Crippen molar-refractivity contribution < 1.29 is 47.8 Å². The Bertz CT molecular complexity index is 1470. The summed E-state index contributed by atoms with van der Waals surface area (Å²) in [5.74, 6) is -0.919. The molecule has 14 nitrogen and oxygen atoms in total. The Morgan fingerprint density at radius 2 is 1.51 bits per heavy atom. The standard InChI is InChI=1S/C34H45N4O10P/c1-6-45-31(40)26(20-24-14-10-8-11-15-24)36-49(43,37-27(32(41)46-7-2)21-25-16-12-9-13-17-25)47-22-28-30(39)34(4,42)33(48-28)38-19-18-29(44-5)35-23(38)3/h8-19,26-28,30,33,39,42H,3,6-7,20-22H2,1-2,4-5H3,(H2,36,37,43)/t26-,27-,28+,30-,33+,34?/m0/s1. The highest BCUT2D eigenvalue weighted by Gasteiger charge is 2.55. The van der Waals surface area contributed by atoms with Gasteiger partial charge in [0.2, 0.25) is 5.90 Å². The molecule has 4 rings (SSSR count). The SMILES string of the molecule is C=C1N=C(OC)C=CN1[C@@H]1O[C@H](COP(=O)(N[C@@H](Cc2ccccc2)C(=O)OCC)N[C@@H](Cc2ccccc2)C(=O)OCC)[C@H](O)C1(C)O. The van der Waals surface area contributed by atoms with Gasteiger partial charge in [-0.3, -0.25) is 14.2 Å². The molecule has 2 aromatic carbocycles. The molecule has 266 valence electrons. The summed E-state index contributed by atoms with van der Waals surface area (Å²) < 4.78 is 42.6. The van der Waals surface area contributed by atoms with Gasteiger partial charge in [0.05, 0.1) is 26.9 Å². The number of aliphatic hydroxyl groups is 2. The second kappa shape index (κ2) is 17.2. The third-order valence-electron chi connectivity index (χ3n) is 7.91. The Morgan fingerprint density at radius 1 is 1.00 bits per heavy atom. The molecule has 2 heterocycles. The fourth-order valence-corrected chi connectivity index (χ4v) is 7.20. The molecule has 0 spiro atoms. The van der Waals surface area contributed by atoms with Gasteiger partial charge in [-0.1, -0.05) is 67.2 Å². The topological polar surface area (TPSA) is 177 Å². The van der Waals surface area contributed by atoms with E-state index in [-0.39, 0.29) is 37.8 Å². The molecule has 2 aliphatic heterocycles. The van der Waals surface area contributed by atoms with Crippen LogP contribution in [0.1, 0.15) is 31.9 Å². The lowest BCUT2D eigenvalue weighted by molar-refractivity contribution is -0.145. The highest BCUT2D eigenvalue weighted by molar-refractivity contribution is 7.54. The summed E-state index contributed by atoms with van der Waals surface area (Å²) in [6.45, 7) is 8.15. The first-order chi connectivity index (χ1) is 23.4. The van der Waals surface area contributed by atoms with Crippen LogP contribution in [-0.2, 0) is 50.5 Å². The quantitative estimate of drug-likeness (QED) is 0.149. The van der Waals surface area contributed by atoms with Crippen molar-refractivity contribution >= 4 is 25.5 Å². The van der Waals surface area contributed by atoms with Crippen molar-refractivity contribution in [2.45, 2.75) is 69.7 Å². The number of ether oxygens (including phenoxy) is 4. The Hall–Kier alpha value is -3.88. The first-order valence-electron chi connectivity index (χ1n) is 16.0. The van der Waals surface area contributed by atoms with Crippen molar-refractivity contribution in [1.82, 2.24) is 15.1 Å². The molecule has 0 aromatic heterocycles. The van der Waals surface area contributed by atoms with Gasteiger partial charge in [-0.05, 0) is 44.7 Å². The summed E-state index contributed by atoms with van der Waals surface area (Å²) in [6, 6.07) is 15.7. The van der Waals surface area contributed by atoms with E-state index in [1.807, 2.05) is 12.1 Å². The van der Waals surface area contributed by atoms with E-state index in [9.17, 15) is 24.4 Å². The Balaban J connectivity index is 1.63. The van der Waals surface area contributed by atoms with E-state index in [1.54, 1.807) is 62.4 Å². The third kappa shape index (κ3) is 9.86. The summed E-state index contributed by atoms with van der Waals surface area (Å²) in [5.41, 5.74) is -0.380. The van der Waals surface area contributed by atoms with Crippen molar-refractivity contribution in [1.29, 1.82) is 0 Å². The number of hydrogen-bond acceptors (Lipinski definition) is 12. The lowest BCUT2D eigenvalue weighted by Gasteiger charge is -2.35. The summed E-state index contributed by atoms with van der Waals surface area (Å²) in [6.07, 6.45) is -0.701. The van der Waals surface area contributed by atoms with Crippen molar-refractivity contribution in [2.75, 3.05) is 26.9 Å². The van der Waals surface area contributed by atoms with E-state index in [2.05, 4.69) is 21.7 Å². The van der Waals surface area contributed by atoms with Gasteiger partial charge < -0.3 is 38.6 Å². The van der Waals surface area contributed by atoms with E-state index < -0.39 is 62.3 Å². The molecule has 2 aromatic rings. The number of carbonyl (C=O) groups excluding carboxylic acids is 2. The summed E-state index contributed by atoms with van der Waals surface area (Å²) in [5, 5.41) is 28.1. The molecular weight excluding hydrogens is 655 g/mol. The molecule has 0 radical (unpaired) electrons. The summed E-state index contributed by atoms with van der Waals surface area (Å²) in [4.78, 5) is 32.1.